The van der Waals surface area contributed by atoms with Crippen molar-refractivity contribution in [1.29, 1.82) is 0 Å². The number of halogens is 1. The van der Waals surface area contributed by atoms with Gasteiger partial charge in [0, 0.05) is 28.8 Å². The van der Waals surface area contributed by atoms with Gasteiger partial charge in [0.1, 0.15) is 12.4 Å². The van der Waals surface area contributed by atoms with Crippen molar-refractivity contribution in [2.24, 2.45) is 0 Å². The third-order valence-corrected chi connectivity index (χ3v) is 4.62. The summed E-state index contributed by atoms with van der Waals surface area (Å²) in [7, 11) is 1.47. The van der Waals surface area contributed by atoms with Crippen molar-refractivity contribution in [1.82, 2.24) is 4.90 Å². The number of hydrogen-bond donors (Lipinski definition) is 1. The van der Waals surface area contributed by atoms with E-state index in [0.29, 0.717) is 20.5 Å². The number of hydrogen-bond acceptors (Lipinski definition) is 4. The molecule has 1 aromatic carbocycles. The first-order valence-electron chi connectivity index (χ1n) is 7.08. The van der Waals surface area contributed by atoms with E-state index < -0.39 is 24.2 Å². The number of thiophene rings is 1. The molecule has 1 N–H and O–H groups in total. The molecule has 0 aliphatic heterocycles. The van der Waals surface area contributed by atoms with Gasteiger partial charge in [-0.25, -0.2) is 4.39 Å². The van der Waals surface area contributed by atoms with Crippen LogP contribution in [0.1, 0.15) is 29.1 Å². The highest BCUT2D eigenvalue weighted by Gasteiger charge is 2.27. The quantitative estimate of drug-likeness (QED) is 0.878. The molecule has 1 amide bonds. The van der Waals surface area contributed by atoms with Crippen molar-refractivity contribution < 1.29 is 23.8 Å². The minimum atomic E-state index is -1.09. The second kappa shape index (κ2) is 7.06. The standard InChI is InChI=1S/C16H18FNO4S/c1-9(2)18(7-13(19)20)16(21)15-10(8-22-3)14-11(17)5-4-6-12(14)23-15/h4-6,9H,7-8H2,1-3H3,(H,19,20). The fourth-order valence-electron chi connectivity index (χ4n) is 2.39. The van der Waals surface area contributed by atoms with Crippen molar-refractivity contribution >= 4 is 33.3 Å². The molecule has 1 aromatic heterocycles. The number of ether oxygens (including phenoxy) is 1. The smallest absolute Gasteiger partial charge is 0.323 e. The first kappa shape index (κ1) is 17.4. The van der Waals surface area contributed by atoms with Gasteiger partial charge in [0.2, 0.25) is 0 Å². The number of methoxy groups -OCH3 is 1. The maximum atomic E-state index is 14.1. The highest BCUT2D eigenvalue weighted by Crippen LogP contribution is 2.34. The zero-order valence-corrected chi connectivity index (χ0v) is 13.9. The molecule has 23 heavy (non-hydrogen) atoms. The van der Waals surface area contributed by atoms with E-state index in [-0.39, 0.29) is 12.6 Å². The summed E-state index contributed by atoms with van der Waals surface area (Å²) < 4.78 is 19.9. The van der Waals surface area contributed by atoms with Gasteiger partial charge in [-0.15, -0.1) is 11.3 Å². The fourth-order valence-corrected chi connectivity index (χ4v) is 3.57. The Bertz CT molecular complexity index is 741. The summed E-state index contributed by atoms with van der Waals surface area (Å²) in [5.74, 6) is -1.93. The molecule has 0 bridgehead atoms. The molecule has 0 aliphatic rings. The summed E-state index contributed by atoms with van der Waals surface area (Å²) in [5, 5.41) is 9.37. The van der Waals surface area contributed by atoms with Crippen molar-refractivity contribution in [3.05, 3.63) is 34.5 Å². The molecule has 2 aromatic rings. The number of amides is 1. The lowest BCUT2D eigenvalue weighted by molar-refractivity contribution is -0.138. The molecule has 0 radical (unpaired) electrons. The van der Waals surface area contributed by atoms with Gasteiger partial charge in [0.25, 0.3) is 5.91 Å². The van der Waals surface area contributed by atoms with E-state index >= 15 is 0 Å². The van der Waals surface area contributed by atoms with Gasteiger partial charge in [-0.1, -0.05) is 6.07 Å². The number of fused-ring (bicyclic) bond motifs is 1. The maximum absolute atomic E-state index is 14.1. The van der Waals surface area contributed by atoms with E-state index in [2.05, 4.69) is 0 Å². The van der Waals surface area contributed by atoms with Crippen LogP contribution in [0.4, 0.5) is 4.39 Å². The molecule has 0 unspecified atom stereocenters. The van der Waals surface area contributed by atoms with Crippen LogP contribution in [0.25, 0.3) is 10.1 Å². The van der Waals surface area contributed by atoms with Crippen LogP contribution in [0.2, 0.25) is 0 Å². The SMILES string of the molecule is COCc1c(C(=O)N(CC(=O)O)C(C)C)sc2cccc(F)c12. The molecule has 7 heteroatoms. The van der Waals surface area contributed by atoms with Gasteiger partial charge >= 0.3 is 5.97 Å². The molecule has 0 saturated carbocycles. The largest absolute Gasteiger partial charge is 0.480 e. The van der Waals surface area contributed by atoms with Gasteiger partial charge < -0.3 is 14.7 Å². The third kappa shape index (κ3) is 3.51. The Hall–Kier alpha value is -1.99. The van der Waals surface area contributed by atoms with E-state index in [0.717, 1.165) is 11.3 Å². The Morgan fingerprint density at radius 1 is 1.39 bits per heavy atom. The molecule has 0 saturated heterocycles. The summed E-state index contributed by atoms with van der Waals surface area (Å²) >= 11 is 1.15. The average molecular weight is 339 g/mol. The van der Waals surface area contributed by atoms with Crippen LogP contribution >= 0.6 is 11.3 Å². The lowest BCUT2D eigenvalue weighted by Crippen LogP contribution is -2.40. The second-order valence-electron chi connectivity index (χ2n) is 5.38. The summed E-state index contributed by atoms with van der Waals surface area (Å²) in [6.45, 7) is 3.16. The number of carboxylic acids is 1. The summed E-state index contributed by atoms with van der Waals surface area (Å²) in [6, 6.07) is 4.36. The van der Waals surface area contributed by atoms with Crippen molar-refractivity contribution in [2.45, 2.75) is 26.5 Å². The molecule has 0 fully saturated rings. The van der Waals surface area contributed by atoms with Gasteiger partial charge in [-0.05, 0) is 26.0 Å². The number of nitrogens with zero attached hydrogens (tertiary/aromatic N) is 1. The van der Waals surface area contributed by atoms with Crippen LogP contribution in [0.5, 0.6) is 0 Å². The van der Waals surface area contributed by atoms with E-state index in [1.807, 2.05) is 0 Å². The second-order valence-corrected chi connectivity index (χ2v) is 6.43. The predicted molar refractivity (Wildman–Crippen MR) is 86.3 cm³/mol. The molecule has 0 atom stereocenters. The summed E-state index contributed by atoms with van der Waals surface area (Å²) in [6.07, 6.45) is 0. The number of rotatable bonds is 6. The van der Waals surface area contributed by atoms with Crippen molar-refractivity contribution in [2.75, 3.05) is 13.7 Å². The van der Waals surface area contributed by atoms with E-state index in [4.69, 9.17) is 9.84 Å². The van der Waals surface area contributed by atoms with Crippen LogP contribution in [-0.2, 0) is 16.1 Å². The Morgan fingerprint density at radius 2 is 2.09 bits per heavy atom. The van der Waals surface area contributed by atoms with Crippen molar-refractivity contribution in [3.63, 3.8) is 0 Å². The Kier molecular flexibility index (Phi) is 5.33. The third-order valence-electron chi connectivity index (χ3n) is 3.44. The minimum Gasteiger partial charge on any atom is -0.480 e. The Labute approximate surface area is 137 Å². The van der Waals surface area contributed by atoms with E-state index in [1.165, 1.54) is 18.1 Å². The molecule has 1 heterocycles. The molecular weight excluding hydrogens is 321 g/mol. The molecule has 124 valence electrons. The van der Waals surface area contributed by atoms with Crippen LogP contribution in [0.3, 0.4) is 0 Å². The lowest BCUT2D eigenvalue weighted by atomic mass is 10.1. The molecular formula is C16H18FNO4S. The van der Waals surface area contributed by atoms with E-state index in [1.54, 1.807) is 26.0 Å². The summed E-state index contributed by atoms with van der Waals surface area (Å²) in [5.41, 5.74) is 0.464. The summed E-state index contributed by atoms with van der Waals surface area (Å²) in [4.78, 5) is 25.4. The highest BCUT2D eigenvalue weighted by molar-refractivity contribution is 7.21. The van der Waals surface area contributed by atoms with Crippen LogP contribution in [-0.4, -0.2) is 41.6 Å². The van der Waals surface area contributed by atoms with E-state index in [9.17, 15) is 14.0 Å². The fraction of sp³-hybridized carbons (Fsp3) is 0.375. The number of carbonyl (C=O) groups is 2. The maximum Gasteiger partial charge on any atom is 0.323 e. The Morgan fingerprint density at radius 3 is 2.65 bits per heavy atom. The Balaban J connectivity index is 2.56. The minimum absolute atomic E-state index is 0.0843. The van der Waals surface area contributed by atoms with Gasteiger partial charge in [0.15, 0.2) is 0 Å². The molecule has 2 rings (SSSR count). The first-order chi connectivity index (χ1) is 10.9. The number of carboxylic acid groups (broad SMARTS) is 1. The number of carbonyl (C=O) groups excluding carboxylic acids is 1. The normalized spacial score (nSPS) is 11.2. The van der Waals surface area contributed by atoms with Crippen LogP contribution in [0, 0.1) is 5.82 Å². The van der Waals surface area contributed by atoms with Gasteiger partial charge in [-0.3, -0.25) is 9.59 Å². The highest BCUT2D eigenvalue weighted by atomic mass is 32.1. The molecule has 0 aliphatic carbocycles. The zero-order chi connectivity index (χ0) is 17.1. The van der Waals surface area contributed by atoms with Crippen LogP contribution in [0.15, 0.2) is 18.2 Å². The van der Waals surface area contributed by atoms with Crippen LogP contribution < -0.4 is 0 Å². The monoisotopic (exact) mass is 339 g/mol. The van der Waals surface area contributed by atoms with Gasteiger partial charge in [0.05, 0.1) is 11.5 Å². The topological polar surface area (TPSA) is 66.8 Å². The average Bonchev–Trinajstić information content (AvgIpc) is 2.84. The lowest BCUT2D eigenvalue weighted by Gasteiger charge is -2.24. The predicted octanol–water partition coefficient (Wildman–Crippen LogP) is 3.12. The number of benzene rings is 1. The zero-order valence-electron chi connectivity index (χ0n) is 13.1. The number of aliphatic carboxylic acids is 1. The first-order valence-corrected chi connectivity index (χ1v) is 7.90. The van der Waals surface area contributed by atoms with Crippen molar-refractivity contribution in [3.8, 4) is 0 Å². The van der Waals surface area contributed by atoms with Gasteiger partial charge in [-0.2, -0.15) is 0 Å². The molecule has 0 spiro atoms. The molecule has 5 nitrogen and oxygen atoms in total.